The topological polar surface area (TPSA) is 41.5 Å². The molecule has 0 amide bonds. The van der Waals surface area contributed by atoms with E-state index in [4.69, 9.17) is 4.74 Å². The summed E-state index contributed by atoms with van der Waals surface area (Å²) in [6.07, 6.45) is 0.649. The third kappa shape index (κ3) is 3.25. The van der Waals surface area contributed by atoms with Crippen molar-refractivity contribution in [3.63, 3.8) is 0 Å². The van der Waals surface area contributed by atoms with Crippen LogP contribution < -0.4 is 5.32 Å². The Morgan fingerprint density at radius 2 is 2.41 bits per heavy atom. The highest BCUT2D eigenvalue weighted by atomic mass is 19.1. The molecule has 1 aromatic carbocycles. The second-order valence-corrected chi connectivity index (χ2v) is 4.68. The minimum absolute atomic E-state index is 0.00956. The van der Waals surface area contributed by atoms with Crippen molar-refractivity contribution < 1.29 is 14.2 Å². The van der Waals surface area contributed by atoms with Gasteiger partial charge in [-0.15, -0.1) is 0 Å². The summed E-state index contributed by atoms with van der Waals surface area (Å²) >= 11 is 0. The van der Waals surface area contributed by atoms with E-state index in [9.17, 15) is 9.50 Å². The Bertz CT molecular complexity index is 377. The fourth-order valence-electron chi connectivity index (χ4n) is 1.97. The van der Waals surface area contributed by atoms with Crippen LogP contribution in [0, 0.1) is 5.82 Å². The van der Waals surface area contributed by atoms with E-state index in [1.165, 1.54) is 12.1 Å². The number of ether oxygens (including phenoxy) is 1. The SMILES string of the molecule is C[C@H](NC[C@@]1(O)CCOC1)c1cccc(F)c1. The van der Waals surface area contributed by atoms with Gasteiger partial charge in [0.15, 0.2) is 0 Å². The highest BCUT2D eigenvalue weighted by Gasteiger charge is 2.32. The predicted octanol–water partition coefficient (Wildman–Crippen LogP) is 1.63. The van der Waals surface area contributed by atoms with Gasteiger partial charge in [0, 0.05) is 25.6 Å². The summed E-state index contributed by atoms with van der Waals surface area (Å²) < 4.78 is 18.2. The van der Waals surface area contributed by atoms with Crippen LogP contribution in [0.4, 0.5) is 4.39 Å². The molecule has 0 bridgehead atoms. The van der Waals surface area contributed by atoms with Crippen molar-refractivity contribution in [3.8, 4) is 0 Å². The largest absolute Gasteiger partial charge is 0.386 e. The van der Waals surface area contributed by atoms with Gasteiger partial charge in [-0.1, -0.05) is 12.1 Å². The Balaban J connectivity index is 1.91. The Hall–Kier alpha value is -0.970. The zero-order valence-corrected chi connectivity index (χ0v) is 9.95. The molecule has 2 N–H and O–H groups in total. The quantitative estimate of drug-likeness (QED) is 0.839. The minimum atomic E-state index is -0.776. The van der Waals surface area contributed by atoms with Crippen LogP contribution in [0.1, 0.15) is 24.9 Å². The van der Waals surface area contributed by atoms with Crippen LogP contribution in [0.3, 0.4) is 0 Å². The van der Waals surface area contributed by atoms with E-state index in [0.29, 0.717) is 26.2 Å². The van der Waals surface area contributed by atoms with Gasteiger partial charge in [-0.2, -0.15) is 0 Å². The molecule has 0 radical (unpaired) electrons. The van der Waals surface area contributed by atoms with Gasteiger partial charge < -0.3 is 15.2 Å². The molecule has 3 nitrogen and oxygen atoms in total. The molecule has 1 fully saturated rings. The van der Waals surface area contributed by atoms with Crippen LogP contribution in [0.15, 0.2) is 24.3 Å². The predicted molar refractivity (Wildman–Crippen MR) is 63.2 cm³/mol. The lowest BCUT2D eigenvalue weighted by molar-refractivity contribution is 0.0252. The molecule has 2 rings (SSSR count). The molecule has 4 heteroatoms. The van der Waals surface area contributed by atoms with E-state index in [2.05, 4.69) is 5.32 Å². The molecule has 1 heterocycles. The van der Waals surface area contributed by atoms with Crippen LogP contribution in [0.2, 0.25) is 0 Å². The highest BCUT2D eigenvalue weighted by molar-refractivity contribution is 5.19. The Morgan fingerprint density at radius 1 is 1.59 bits per heavy atom. The summed E-state index contributed by atoms with van der Waals surface area (Å²) in [5.74, 6) is -0.237. The smallest absolute Gasteiger partial charge is 0.123 e. The van der Waals surface area contributed by atoms with Gasteiger partial charge in [-0.05, 0) is 24.6 Å². The van der Waals surface area contributed by atoms with Gasteiger partial charge in [-0.25, -0.2) is 4.39 Å². The molecule has 1 saturated heterocycles. The van der Waals surface area contributed by atoms with Gasteiger partial charge in [0.1, 0.15) is 11.4 Å². The lowest BCUT2D eigenvalue weighted by Gasteiger charge is -2.24. The summed E-state index contributed by atoms with van der Waals surface area (Å²) in [5, 5.41) is 13.3. The molecule has 1 aliphatic heterocycles. The standard InChI is InChI=1S/C13H18FNO2/c1-10(11-3-2-4-12(14)7-11)15-8-13(16)5-6-17-9-13/h2-4,7,10,15-16H,5-6,8-9H2,1H3/t10-,13-/m0/s1. The van der Waals surface area contributed by atoms with Crippen LogP contribution in [-0.2, 0) is 4.74 Å². The molecule has 0 aromatic heterocycles. The first-order valence-corrected chi connectivity index (χ1v) is 5.88. The zero-order chi connectivity index (χ0) is 12.3. The highest BCUT2D eigenvalue weighted by Crippen LogP contribution is 2.19. The lowest BCUT2D eigenvalue weighted by Crippen LogP contribution is -2.41. The number of aliphatic hydroxyl groups is 1. The van der Waals surface area contributed by atoms with Gasteiger partial charge in [0.25, 0.3) is 0 Å². The monoisotopic (exact) mass is 239 g/mol. The maximum atomic E-state index is 13.0. The first kappa shape index (κ1) is 12.5. The summed E-state index contributed by atoms with van der Waals surface area (Å²) in [5.41, 5.74) is 0.106. The summed E-state index contributed by atoms with van der Waals surface area (Å²) in [6, 6.07) is 6.50. The molecule has 17 heavy (non-hydrogen) atoms. The third-order valence-electron chi connectivity index (χ3n) is 3.17. The number of benzene rings is 1. The normalized spacial score (nSPS) is 26.1. The molecule has 0 spiro atoms. The van der Waals surface area contributed by atoms with E-state index >= 15 is 0 Å². The Morgan fingerprint density at radius 3 is 3.06 bits per heavy atom. The van der Waals surface area contributed by atoms with Gasteiger partial charge in [0.05, 0.1) is 6.61 Å². The summed E-state index contributed by atoms with van der Waals surface area (Å²) in [7, 11) is 0. The summed E-state index contributed by atoms with van der Waals surface area (Å²) in [6.45, 7) is 3.39. The maximum absolute atomic E-state index is 13.0. The fourth-order valence-corrected chi connectivity index (χ4v) is 1.97. The first-order chi connectivity index (χ1) is 8.09. The second-order valence-electron chi connectivity index (χ2n) is 4.68. The van der Waals surface area contributed by atoms with Crippen molar-refractivity contribution in [1.82, 2.24) is 5.32 Å². The lowest BCUT2D eigenvalue weighted by atomic mass is 10.0. The molecule has 94 valence electrons. The Labute approximate surface area is 101 Å². The van der Waals surface area contributed by atoms with Crippen molar-refractivity contribution in [1.29, 1.82) is 0 Å². The maximum Gasteiger partial charge on any atom is 0.123 e. The van der Waals surface area contributed by atoms with Crippen LogP contribution >= 0.6 is 0 Å². The molecule has 2 atom stereocenters. The molecule has 0 saturated carbocycles. The van der Waals surface area contributed by atoms with E-state index < -0.39 is 5.60 Å². The van der Waals surface area contributed by atoms with Crippen LogP contribution in [0.5, 0.6) is 0 Å². The fraction of sp³-hybridized carbons (Fsp3) is 0.538. The number of halogens is 1. The van der Waals surface area contributed by atoms with Gasteiger partial charge >= 0.3 is 0 Å². The van der Waals surface area contributed by atoms with Crippen LogP contribution in [-0.4, -0.2) is 30.5 Å². The number of hydrogen-bond donors (Lipinski definition) is 2. The van der Waals surface area contributed by atoms with Gasteiger partial charge in [-0.3, -0.25) is 0 Å². The van der Waals surface area contributed by atoms with Crippen LogP contribution in [0.25, 0.3) is 0 Å². The van der Waals surface area contributed by atoms with E-state index in [1.807, 2.05) is 13.0 Å². The number of rotatable bonds is 4. The van der Waals surface area contributed by atoms with E-state index in [-0.39, 0.29) is 11.9 Å². The average Bonchev–Trinajstić information content (AvgIpc) is 2.74. The molecule has 1 aromatic rings. The van der Waals surface area contributed by atoms with E-state index in [1.54, 1.807) is 6.07 Å². The second kappa shape index (κ2) is 5.12. The van der Waals surface area contributed by atoms with Crippen molar-refractivity contribution in [3.05, 3.63) is 35.6 Å². The van der Waals surface area contributed by atoms with Crippen molar-refractivity contribution in [2.24, 2.45) is 0 Å². The third-order valence-corrected chi connectivity index (χ3v) is 3.17. The first-order valence-electron chi connectivity index (χ1n) is 5.88. The van der Waals surface area contributed by atoms with Crippen molar-refractivity contribution >= 4 is 0 Å². The molecule has 0 unspecified atom stereocenters. The van der Waals surface area contributed by atoms with E-state index in [0.717, 1.165) is 5.56 Å². The summed E-state index contributed by atoms with van der Waals surface area (Å²) in [4.78, 5) is 0. The zero-order valence-electron chi connectivity index (χ0n) is 9.95. The Kier molecular flexibility index (Phi) is 3.76. The minimum Gasteiger partial charge on any atom is -0.386 e. The molecular weight excluding hydrogens is 221 g/mol. The average molecular weight is 239 g/mol. The number of hydrogen-bond acceptors (Lipinski definition) is 3. The molecular formula is C13H18FNO2. The molecule has 0 aliphatic carbocycles. The van der Waals surface area contributed by atoms with Crippen molar-refractivity contribution in [2.75, 3.05) is 19.8 Å². The number of nitrogens with one attached hydrogen (secondary N) is 1. The van der Waals surface area contributed by atoms with Crippen molar-refractivity contribution in [2.45, 2.75) is 25.0 Å². The van der Waals surface area contributed by atoms with Gasteiger partial charge in [0.2, 0.25) is 0 Å². The molecule has 1 aliphatic rings.